The maximum Gasteiger partial charge on any atom is 0.416 e. The molecular weight excluding hydrogens is 730 g/mol. The van der Waals surface area contributed by atoms with E-state index in [1.54, 1.807) is 4.90 Å². The average molecular weight is 770 g/mol. The number of piperidine rings is 1. The highest BCUT2D eigenvalue weighted by atomic mass is 79.9. The van der Waals surface area contributed by atoms with E-state index in [-0.39, 0.29) is 60.1 Å². The number of likely N-dealkylation sites (tertiary alicyclic amines) is 1. The highest BCUT2D eigenvalue weighted by Gasteiger charge is 2.43. The van der Waals surface area contributed by atoms with Crippen LogP contribution in [0.1, 0.15) is 81.0 Å². The topological polar surface area (TPSA) is 75.6 Å². The summed E-state index contributed by atoms with van der Waals surface area (Å²) >= 11 is 3.30. The van der Waals surface area contributed by atoms with Crippen LogP contribution in [-0.2, 0) is 39.6 Å². The van der Waals surface area contributed by atoms with E-state index in [2.05, 4.69) is 25.9 Å². The molecular formula is C36H39BrF6N4O3. The van der Waals surface area contributed by atoms with Gasteiger partial charge in [-0.3, -0.25) is 9.59 Å². The van der Waals surface area contributed by atoms with Crippen molar-refractivity contribution in [1.29, 1.82) is 0 Å². The van der Waals surface area contributed by atoms with Crippen molar-refractivity contribution in [2.45, 2.75) is 108 Å². The molecule has 0 N–H and O–H groups in total. The molecule has 1 aromatic heterocycles. The summed E-state index contributed by atoms with van der Waals surface area (Å²) in [5.41, 5.74) is -1.98. The SMILES string of the molecule is CC[C@@H]1C[C@H](N(Cc2cc(C(F)(F)F)cc(C(F)(F)F)c2)c2ncc(Br)cn2)C[C@H](Cc2ccccc2)N1C(=O)[C@H]1CC[C@@H](OC(C)=O)CC1. The smallest absolute Gasteiger partial charge is 0.416 e. The van der Waals surface area contributed by atoms with Gasteiger partial charge in [0.2, 0.25) is 11.9 Å². The van der Waals surface area contributed by atoms with Crippen LogP contribution in [-0.4, -0.2) is 51.0 Å². The van der Waals surface area contributed by atoms with Crippen LogP contribution >= 0.6 is 15.9 Å². The van der Waals surface area contributed by atoms with E-state index >= 15 is 0 Å². The lowest BCUT2D eigenvalue weighted by Crippen LogP contribution is -2.59. The highest BCUT2D eigenvalue weighted by Crippen LogP contribution is 2.39. The quantitative estimate of drug-likeness (QED) is 0.160. The van der Waals surface area contributed by atoms with Crippen LogP contribution in [0, 0.1) is 5.92 Å². The fraction of sp³-hybridized carbons (Fsp3) is 0.500. The largest absolute Gasteiger partial charge is 0.463 e. The van der Waals surface area contributed by atoms with Gasteiger partial charge in [0.25, 0.3) is 0 Å². The molecule has 0 spiro atoms. The third-order valence-corrected chi connectivity index (χ3v) is 9.99. The minimum absolute atomic E-state index is 0.0108. The van der Waals surface area contributed by atoms with Gasteiger partial charge in [-0.1, -0.05) is 37.3 Å². The number of hydrogen-bond donors (Lipinski definition) is 0. The van der Waals surface area contributed by atoms with Crippen molar-refractivity contribution in [3.8, 4) is 0 Å². The Morgan fingerprint density at radius 3 is 2.00 bits per heavy atom. The van der Waals surface area contributed by atoms with Crippen LogP contribution in [0.4, 0.5) is 32.3 Å². The summed E-state index contributed by atoms with van der Waals surface area (Å²) < 4.78 is 88.9. The van der Waals surface area contributed by atoms with Crippen molar-refractivity contribution in [1.82, 2.24) is 14.9 Å². The monoisotopic (exact) mass is 768 g/mol. The lowest BCUT2D eigenvalue weighted by molar-refractivity contribution is -0.151. The zero-order valence-corrected chi connectivity index (χ0v) is 29.3. The number of ether oxygens (including phenoxy) is 1. The minimum atomic E-state index is -4.99. The molecule has 2 aliphatic rings. The molecule has 7 nitrogen and oxygen atoms in total. The molecule has 2 fully saturated rings. The first kappa shape index (κ1) is 37.6. The zero-order chi connectivity index (χ0) is 36.2. The Morgan fingerprint density at radius 2 is 1.46 bits per heavy atom. The molecule has 2 aromatic carbocycles. The molecule has 50 heavy (non-hydrogen) atoms. The Bertz CT molecular complexity index is 1580. The molecule has 1 aliphatic heterocycles. The first-order valence-corrected chi connectivity index (χ1v) is 17.5. The van der Waals surface area contributed by atoms with E-state index in [0.29, 0.717) is 55.8 Å². The Morgan fingerprint density at radius 1 is 0.880 bits per heavy atom. The van der Waals surface area contributed by atoms with Crippen molar-refractivity contribution >= 4 is 33.8 Å². The number of halogens is 7. The van der Waals surface area contributed by atoms with E-state index in [9.17, 15) is 35.9 Å². The van der Waals surface area contributed by atoms with Gasteiger partial charge >= 0.3 is 18.3 Å². The number of hydrogen-bond acceptors (Lipinski definition) is 6. The lowest BCUT2D eigenvalue weighted by atomic mass is 9.81. The number of carbonyl (C=O) groups is 2. The molecule has 1 saturated heterocycles. The van der Waals surface area contributed by atoms with Crippen LogP contribution in [0.3, 0.4) is 0 Å². The first-order valence-electron chi connectivity index (χ1n) is 16.7. The lowest BCUT2D eigenvalue weighted by Gasteiger charge is -2.49. The molecule has 1 amide bonds. The number of rotatable bonds is 9. The third-order valence-electron chi connectivity index (χ3n) is 9.58. The molecule has 2 heterocycles. The number of esters is 1. The number of benzene rings is 2. The van der Waals surface area contributed by atoms with Crippen molar-refractivity contribution in [3.63, 3.8) is 0 Å². The maximum absolute atomic E-state index is 14.4. The van der Waals surface area contributed by atoms with Crippen molar-refractivity contribution in [3.05, 3.63) is 87.7 Å². The number of alkyl halides is 6. The number of aromatic nitrogens is 2. The van der Waals surface area contributed by atoms with Crippen LogP contribution in [0.5, 0.6) is 0 Å². The number of amides is 1. The first-order chi connectivity index (χ1) is 23.6. The minimum Gasteiger partial charge on any atom is -0.463 e. The summed E-state index contributed by atoms with van der Waals surface area (Å²) in [6.07, 6.45) is -3.09. The predicted molar refractivity (Wildman–Crippen MR) is 178 cm³/mol. The van der Waals surface area contributed by atoms with E-state index in [4.69, 9.17) is 4.74 Å². The Kier molecular flexibility index (Phi) is 11.8. The van der Waals surface area contributed by atoms with Crippen LogP contribution in [0.15, 0.2) is 65.4 Å². The van der Waals surface area contributed by atoms with Gasteiger partial charge in [-0.25, -0.2) is 9.97 Å². The molecule has 3 aromatic rings. The number of carbonyl (C=O) groups excluding carboxylic acids is 2. The third kappa shape index (κ3) is 9.35. The van der Waals surface area contributed by atoms with Gasteiger partial charge in [-0.05, 0) is 96.6 Å². The highest BCUT2D eigenvalue weighted by molar-refractivity contribution is 9.10. The normalized spacial score (nSPS) is 23.0. The fourth-order valence-corrected chi connectivity index (χ4v) is 7.50. The molecule has 0 unspecified atom stereocenters. The molecule has 14 heteroatoms. The molecule has 1 saturated carbocycles. The Labute approximate surface area is 295 Å². The maximum atomic E-state index is 14.4. The molecule has 0 bridgehead atoms. The van der Waals surface area contributed by atoms with Gasteiger partial charge in [0.1, 0.15) is 6.10 Å². The van der Waals surface area contributed by atoms with E-state index in [1.807, 2.05) is 42.2 Å². The van der Waals surface area contributed by atoms with E-state index in [0.717, 1.165) is 17.7 Å². The van der Waals surface area contributed by atoms with Crippen molar-refractivity contribution < 1.29 is 40.7 Å². The van der Waals surface area contributed by atoms with Crippen molar-refractivity contribution in [2.75, 3.05) is 4.90 Å². The van der Waals surface area contributed by atoms with Gasteiger partial charge in [0.05, 0.1) is 15.6 Å². The van der Waals surface area contributed by atoms with Crippen LogP contribution < -0.4 is 4.90 Å². The summed E-state index contributed by atoms with van der Waals surface area (Å²) in [7, 11) is 0. The van der Waals surface area contributed by atoms with Gasteiger partial charge < -0.3 is 14.5 Å². The fourth-order valence-electron chi connectivity index (χ4n) is 7.29. The van der Waals surface area contributed by atoms with Crippen molar-refractivity contribution in [2.24, 2.45) is 5.92 Å². The summed E-state index contributed by atoms with van der Waals surface area (Å²) in [6.45, 7) is 3.02. The summed E-state index contributed by atoms with van der Waals surface area (Å²) in [6, 6.07) is 10.2. The molecule has 1 aliphatic carbocycles. The number of nitrogens with zero attached hydrogens (tertiary/aromatic N) is 4. The summed E-state index contributed by atoms with van der Waals surface area (Å²) in [5, 5.41) is 0. The van der Waals surface area contributed by atoms with E-state index in [1.165, 1.54) is 19.3 Å². The molecule has 0 radical (unpaired) electrons. The second-order valence-corrected chi connectivity index (χ2v) is 14.0. The predicted octanol–water partition coefficient (Wildman–Crippen LogP) is 8.79. The van der Waals surface area contributed by atoms with Gasteiger partial charge in [-0.15, -0.1) is 0 Å². The van der Waals surface area contributed by atoms with Crippen LogP contribution in [0.25, 0.3) is 0 Å². The molecule has 5 rings (SSSR count). The standard InChI is InChI=1S/C36H39BrF6N4O3/c1-3-29-17-30(18-31(15-23-7-5-4-6-8-23)47(29)33(49)25-9-11-32(12-10-25)50-22(2)48)46(34-44-19-28(37)20-45-34)21-24-13-26(35(38,39)40)16-27(14-24)36(41,42)43/h4-8,13-14,16,19-20,25,29-32H,3,9-12,15,17-18,21H2,1-2H3/t25-,29-,30+,31+,32+/m1/s1. The van der Waals surface area contributed by atoms with E-state index < -0.39 is 29.5 Å². The number of anilines is 1. The Balaban J connectivity index is 1.51. The second kappa shape index (κ2) is 15.7. The summed E-state index contributed by atoms with van der Waals surface area (Å²) in [4.78, 5) is 38.3. The molecule has 270 valence electrons. The average Bonchev–Trinajstić information content (AvgIpc) is 3.06. The van der Waals surface area contributed by atoms with Crippen LogP contribution in [0.2, 0.25) is 0 Å². The second-order valence-electron chi connectivity index (χ2n) is 13.1. The van der Waals surface area contributed by atoms with Gasteiger partial charge in [0.15, 0.2) is 0 Å². The van der Waals surface area contributed by atoms with Gasteiger partial charge in [-0.2, -0.15) is 26.3 Å². The summed E-state index contributed by atoms with van der Waals surface area (Å²) in [5.74, 6) is -0.449. The molecule has 3 atom stereocenters. The van der Waals surface area contributed by atoms with Gasteiger partial charge in [0, 0.05) is 49.9 Å². The zero-order valence-electron chi connectivity index (χ0n) is 27.7. The Hall–Kier alpha value is -3.68.